The Labute approximate surface area is 103 Å². The van der Waals surface area contributed by atoms with E-state index >= 15 is 0 Å². The van der Waals surface area contributed by atoms with E-state index < -0.39 is 0 Å². The third kappa shape index (κ3) is 1.44. The van der Waals surface area contributed by atoms with Gasteiger partial charge in [0.25, 0.3) is 0 Å². The summed E-state index contributed by atoms with van der Waals surface area (Å²) in [6.07, 6.45) is 0. The van der Waals surface area contributed by atoms with Gasteiger partial charge in [0.05, 0.1) is 0 Å². The number of aromatic nitrogens is 1. The van der Waals surface area contributed by atoms with Crippen molar-refractivity contribution in [1.82, 2.24) is 4.98 Å². The van der Waals surface area contributed by atoms with Crippen LogP contribution in [0.5, 0.6) is 0 Å². The fourth-order valence-electron chi connectivity index (χ4n) is 1.95. The van der Waals surface area contributed by atoms with E-state index in [0.717, 1.165) is 21.5 Å². The lowest BCUT2D eigenvalue weighted by molar-refractivity contribution is 1.37. The molecule has 0 unspecified atom stereocenters. The van der Waals surface area contributed by atoms with Gasteiger partial charge in [-0.2, -0.15) is 0 Å². The van der Waals surface area contributed by atoms with Crippen LogP contribution in [0.4, 0.5) is 0 Å². The SMILES string of the molecule is Clc1cc2ccc3ccccc3c2c(Cl)n1. The van der Waals surface area contributed by atoms with Gasteiger partial charge in [-0.3, -0.25) is 0 Å². The Morgan fingerprint density at radius 2 is 1.62 bits per heavy atom. The van der Waals surface area contributed by atoms with Crippen LogP contribution in [0, 0.1) is 0 Å². The van der Waals surface area contributed by atoms with Gasteiger partial charge in [-0.25, -0.2) is 4.98 Å². The molecule has 0 spiro atoms. The number of halogens is 2. The second-order valence-corrected chi connectivity index (χ2v) is 4.37. The number of rotatable bonds is 0. The highest BCUT2D eigenvalue weighted by molar-refractivity contribution is 6.38. The summed E-state index contributed by atoms with van der Waals surface area (Å²) in [6, 6.07) is 14.0. The van der Waals surface area contributed by atoms with Crippen molar-refractivity contribution < 1.29 is 0 Å². The second kappa shape index (κ2) is 3.62. The fraction of sp³-hybridized carbons (Fsp3) is 0. The van der Waals surface area contributed by atoms with E-state index in [1.165, 1.54) is 0 Å². The van der Waals surface area contributed by atoms with Crippen LogP contribution >= 0.6 is 23.2 Å². The normalized spacial score (nSPS) is 11.1. The first-order valence-electron chi connectivity index (χ1n) is 4.89. The smallest absolute Gasteiger partial charge is 0.139 e. The molecule has 0 fully saturated rings. The zero-order valence-corrected chi connectivity index (χ0v) is 9.76. The number of benzene rings is 2. The lowest BCUT2D eigenvalue weighted by atomic mass is 10.0. The van der Waals surface area contributed by atoms with E-state index in [4.69, 9.17) is 23.2 Å². The van der Waals surface area contributed by atoms with Gasteiger partial charge in [0.2, 0.25) is 0 Å². The van der Waals surface area contributed by atoms with Crippen LogP contribution in [-0.2, 0) is 0 Å². The Balaban J connectivity index is 2.60. The van der Waals surface area contributed by atoms with Crippen LogP contribution in [0.15, 0.2) is 42.5 Å². The van der Waals surface area contributed by atoms with Gasteiger partial charge >= 0.3 is 0 Å². The molecule has 3 rings (SSSR count). The summed E-state index contributed by atoms with van der Waals surface area (Å²) in [5.74, 6) is 0. The molecule has 0 N–H and O–H groups in total. The Morgan fingerprint density at radius 1 is 0.875 bits per heavy atom. The number of fused-ring (bicyclic) bond motifs is 3. The van der Waals surface area contributed by atoms with Crippen LogP contribution in [0.25, 0.3) is 21.5 Å². The molecule has 2 aromatic carbocycles. The van der Waals surface area contributed by atoms with E-state index in [0.29, 0.717) is 10.3 Å². The van der Waals surface area contributed by atoms with Crippen molar-refractivity contribution in [2.75, 3.05) is 0 Å². The minimum Gasteiger partial charge on any atom is -0.224 e. The molecule has 0 aliphatic rings. The molecule has 0 radical (unpaired) electrons. The minimum absolute atomic E-state index is 0.424. The van der Waals surface area contributed by atoms with Crippen molar-refractivity contribution in [3.05, 3.63) is 52.8 Å². The van der Waals surface area contributed by atoms with Crippen LogP contribution < -0.4 is 0 Å². The van der Waals surface area contributed by atoms with Crippen molar-refractivity contribution >= 4 is 44.7 Å². The summed E-state index contributed by atoms with van der Waals surface area (Å²) in [6.45, 7) is 0. The average Bonchev–Trinajstić information content (AvgIpc) is 2.28. The van der Waals surface area contributed by atoms with Crippen molar-refractivity contribution in [2.24, 2.45) is 0 Å². The molecule has 1 aromatic heterocycles. The Hall–Kier alpha value is -1.31. The zero-order chi connectivity index (χ0) is 11.1. The number of nitrogens with zero attached hydrogens (tertiary/aromatic N) is 1. The summed E-state index contributed by atoms with van der Waals surface area (Å²) >= 11 is 12.0. The van der Waals surface area contributed by atoms with Gasteiger partial charge in [-0.05, 0) is 22.2 Å². The highest BCUT2D eigenvalue weighted by atomic mass is 35.5. The number of pyridine rings is 1. The first-order chi connectivity index (χ1) is 7.75. The lowest BCUT2D eigenvalue weighted by Gasteiger charge is -2.05. The van der Waals surface area contributed by atoms with Gasteiger partial charge in [-0.15, -0.1) is 0 Å². The van der Waals surface area contributed by atoms with E-state index in [2.05, 4.69) is 17.1 Å². The van der Waals surface area contributed by atoms with Crippen LogP contribution in [0.2, 0.25) is 10.3 Å². The fourth-order valence-corrected chi connectivity index (χ4v) is 2.50. The summed E-state index contributed by atoms with van der Waals surface area (Å²) in [7, 11) is 0. The third-order valence-electron chi connectivity index (χ3n) is 2.65. The lowest BCUT2D eigenvalue weighted by Crippen LogP contribution is -1.83. The zero-order valence-electron chi connectivity index (χ0n) is 8.24. The maximum atomic E-state index is 6.15. The first-order valence-corrected chi connectivity index (χ1v) is 5.65. The highest BCUT2D eigenvalue weighted by Crippen LogP contribution is 2.31. The van der Waals surface area contributed by atoms with Crippen LogP contribution in [0.3, 0.4) is 0 Å². The molecule has 16 heavy (non-hydrogen) atoms. The number of hydrogen-bond donors (Lipinski definition) is 0. The molecule has 78 valence electrons. The minimum atomic E-state index is 0.424. The maximum absolute atomic E-state index is 6.15. The molecule has 0 aliphatic carbocycles. The molecule has 0 amide bonds. The maximum Gasteiger partial charge on any atom is 0.139 e. The summed E-state index contributed by atoms with van der Waals surface area (Å²) in [5.41, 5.74) is 0. The predicted octanol–water partition coefficient (Wildman–Crippen LogP) is 4.69. The highest BCUT2D eigenvalue weighted by Gasteiger charge is 2.06. The van der Waals surface area contributed by atoms with E-state index in [9.17, 15) is 0 Å². The summed E-state index contributed by atoms with van der Waals surface area (Å²) in [5, 5.41) is 5.12. The van der Waals surface area contributed by atoms with E-state index in [1.54, 1.807) is 0 Å². The molecule has 3 aromatic rings. The Bertz CT molecular complexity index is 692. The molecule has 1 heterocycles. The first kappa shape index (κ1) is 9.88. The van der Waals surface area contributed by atoms with Gasteiger partial charge in [0.15, 0.2) is 0 Å². The van der Waals surface area contributed by atoms with E-state index in [-0.39, 0.29) is 0 Å². The molecular formula is C13H7Cl2N. The summed E-state index contributed by atoms with van der Waals surface area (Å²) < 4.78 is 0. The predicted molar refractivity (Wildman–Crippen MR) is 69.3 cm³/mol. The van der Waals surface area contributed by atoms with Crippen LogP contribution in [0.1, 0.15) is 0 Å². The van der Waals surface area contributed by atoms with Crippen molar-refractivity contribution in [3.63, 3.8) is 0 Å². The summed E-state index contributed by atoms with van der Waals surface area (Å²) in [4.78, 5) is 4.08. The van der Waals surface area contributed by atoms with E-state index in [1.807, 2.05) is 30.3 Å². The molecule has 1 nitrogen and oxygen atoms in total. The monoisotopic (exact) mass is 247 g/mol. The molecular weight excluding hydrogens is 241 g/mol. The largest absolute Gasteiger partial charge is 0.224 e. The third-order valence-corrected chi connectivity index (χ3v) is 3.11. The van der Waals surface area contributed by atoms with Gasteiger partial charge < -0.3 is 0 Å². The van der Waals surface area contributed by atoms with Gasteiger partial charge in [-0.1, -0.05) is 59.6 Å². The van der Waals surface area contributed by atoms with Gasteiger partial charge in [0.1, 0.15) is 10.3 Å². The Kier molecular flexibility index (Phi) is 2.23. The van der Waals surface area contributed by atoms with Crippen molar-refractivity contribution in [1.29, 1.82) is 0 Å². The standard InChI is InChI=1S/C13H7Cl2N/c14-11-7-9-6-5-8-3-1-2-4-10(8)12(9)13(15)16-11/h1-7H. The Morgan fingerprint density at radius 3 is 2.50 bits per heavy atom. The number of hydrogen-bond acceptors (Lipinski definition) is 1. The van der Waals surface area contributed by atoms with Crippen molar-refractivity contribution in [2.45, 2.75) is 0 Å². The molecule has 0 saturated carbocycles. The van der Waals surface area contributed by atoms with Crippen molar-refractivity contribution in [3.8, 4) is 0 Å². The molecule has 0 saturated heterocycles. The second-order valence-electron chi connectivity index (χ2n) is 3.62. The van der Waals surface area contributed by atoms with Crippen LogP contribution in [-0.4, -0.2) is 4.98 Å². The molecule has 0 aliphatic heterocycles. The molecule has 0 atom stereocenters. The molecule has 3 heteroatoms. The molecule has 0 bridgehead atoms. The average molecular weight is 248 g/mol. The topological polar surface area (TPSA) is 12.9 Å². The van der Waals surface area contributed by atoms with Gasteiger partial charge in [0, 0.05) is 5.39 Å². The quantitative estimate of drug-likeness (QED) is 0.415.